The predicted octanol–water partition coefficient (Wildman–Crippen LogP) is 1.64. The van der Waals surface area contributed by atoms with Crippen LogP contribution in [0.5, 0.6) is 0 Å². The van der Waals surface area contributed by atoms with E-state index in [4.69, 9.17) is 10.5 Å². The van der Waals surface area contributed by atoms with Gasteiger partial charge in [-0.2, -0.15) is 0 Å². The Balaban J connectivity index is 2.12. The second-order valence-electron chi connectivity index (χ2n) is 5.23. The van der Waals surface area contributed by atoms with Crippen LogP contribution >= 0.6 is 11.3 Å². The van der Waals surface area contributed by atoms with Gasteiger partial charge in [-0.05, 0) is 32.7 Å². The molecule has 1 unspecified atom stereocenters. The molecule has 0 saturated heterocycles. The predicted molar refractivity (Wildman–Crippen MR) is 74.7 cm³/mol. The van der Waals surface area contributed by atoms with Crippen LogP contribution in [0.15, 0.2) is 5.51 Å². The fraction of sp³-hybridized carbons (Fsp3) is 0.769. The van der Waals surface area contributed by atoms with Crippen molar-refractivity contribution in [3.8, 4) is 0 Å². The van der Waals surface area contributed by atoms with Crippen LogP contribution in [0.1, 0.15) is 23.4 Å². The van der Waals surface area contributed by atoms with E-state index in [-0.39, 0.29) is 5.54 Å². The molecule has 2 N–H and O–H groups in total. The molecule has 2 rings (SSSR count). The third kappa shape index (κ3) is 2.59. The summed E-state index contributed by atoms with van der Waals surface area (Å²) in [7, 11) is 3.92. The lowest BCUT2D eigenvalue weighted by molar-refractivity contribution is 0.0108. The molecule has 1 saturated carbocycles. The maximum atomic E-state index is 6.07. The zero-order valence-electron chi connectivity index (χ0n) is 11.5. The molecule has 0 bridgehead atoms. The van der Waals surface area contributed by atoms with E-state index in [2.05, 4.69) is 23.9 Å². The van der Waals surface area contributed by atoms with Gasteiger partial charge in [0.25, 0.3) is 0 Å². The number of methoxy groups -OCH3 is 1. The van der Waals surface area contributed by atoms with Gasteiger partial charge in [0.05, 0.1) is 23.4 Å². The molecule has 102 valence electrons. The minimum atomic E-state index is -0.00875. The number of aryl methyl sites for hydroxylation is 1. The molecule has 0 spiro atoms. The first-order valence-electron chi connectivity index (χ1n) is 6.43. The Hall–Kier alpha value is -0.490. The van der Waals surface area contributed by atoms with Gasteiger partial charge in [-0.15, -0.1) is 11.3 Å². The van der Waals surface area contributed by atoms with Crippen molar-refractivity contribution in [2.24, 2.45) is 11.7 Å². The molecule has 1 fully saturated rings. The Labute approximate surface area is 113 Å². The molecule has 4 nitrogen and oxygen atoms in total. The largest absolute Gasteiger partial charge is 0.383 e. The van der Waals surface area contributed by atoms with E-state index in [1.165, 1.54) is 17.7 Å². The summed E-state index contributed by atoms with van der Waals surface area (Å²) in [6.07, 6.45) is 2.54. The van der Waals surface area contributed by atoms with Crippen LogP contribution in [0.4, 0.5) is 0 Å². The summed E-state index contributed by atoms with van der Waals surface area (Å²) < 4.78 is 5.44. The lowest BCUT2D eigenvalue weighted by Gasteiger charge is -2.41. The maximum Gasteiger partial charge on any atom is 0.0798 e. The van der Waals surface area contributed by atoms with Crippen LogP contribution in [0, 0.1) is 12.8 Å². The number of aromatic nitrogens is 1. The number of thiazole rings is 1. The molecule has 18 heavy (non-hydrogen) atoms. The number of likely N-dealkylation sites (N-methyl/N-ethyl adjacent to an activating group) is 1. The van der Waals surface area contributed by atoms with Crippen LogP contribution in [-0.2, 0) is 11.3 Å². The van der Waals surface area contributed by atoms with Crippen LogP contribution in [0.2, 0.25) is 0 Å². The quantitative estimate of drug-likeness (QED) is 0.817. The van der Waals surface area contributed by atoms with Gasteiger partial charge in [-0.3, -0.25) is 4.90 Å². The van der Waals surface area contributed by atoms with E-state index in [9.17, 15) is 0 Å². The van der Waals surface area contributed by atoms with Crippen LogP contribution in [0.3, 0.4) is 0 Å². The molecule has 0 aliphatic heterocycles. The highest BCUT2D eigenvalue weighted by molar-refractivity contribution is 7.09. The summed E-state index contributed by atoms with van der Waals surface area (Å²) in [5.74, 6) is 0.681. The number of ether oxygens (including phenoxy) is 1. The number of hydrogen-bond donors (Lipinski definition) is 1. The Morgan fingerprint density at radius 2 is 2.33 bits per heavy atom. The van der Waals surface area contributed by atoms with Crippen molar-refractivity contribution in [1.29, 1.82) is 0 Å². The van der Waals surface area contributed by atoms with Gasteiger partial charge in [0.15, 0.2) is 0 Å². The highest BCUT2D eigenvalue weighted by atomic mass is 32.1. The molecule has 1 aromatic rings. The van der Waals surface area contributed by atoms with Crippen molar-refractivity contribution in [2.45, 2.75) is 31.8 Å². The molecule has 1 aliphatic carbocycles. The Bertz CT molecular complexity index is 391. The van der Waals surface area contributed by atoms with Crippen molar-refractivity contribution < 1.29 is 4.74 Å². The molecule has 1 aromatic heterocycles. The van der Waals surface area contributed by atoms with Crippen LogP contribution in [-0.4, -0.2) is 42.7 Å². The third-order valence-electron chi connectivity index (χ3n) is 4.07. The van der Waals surface area contributed by atoms with Gasteiger partial charge in [0.2, 0.25) is 0 Å². The molecular formula is C13H23N3OS. The third-order valence-corrected chi connectivity index (χ3v) is 4.99. The van der Waals surface area contributed by atoms with Crippen molar-refractivity contribution >= 4 is 11.3 Å². The number of hydrogen-bond acceptors (Lipinski definition) is 5. The first kappa shape index (κ1) is 13.9. The lowest BCUT2D eigenvalue weighted by atomic mass is 9.92. The van der Waals surface area contributed by atoms with Gasteiger partial charge >= 0.3 is 0 Å². The van der Waals surface area contributed by atoms with E-state index in [0.29, 0.717) is 19.1 Å². The van der Waals surface area contributed by atoms with E-state index in [1.54, 1.807) is 18.4 Å². The Kier molecular flexibility index (Phi) is 4.37. The van der Waals surface area contributed by atoms with E-state index in [1.807, 2.05) is 5.51 Å². The summed E-state index contributed by atoms with van der Waals surface area (Å²) in [5, 5.41) is 0. The maximum absolute atomic E-state index is 6.07. The minimum Gasteiger partial charge on any atom is -0.383 e. The summed E-state index contributed by atoms with van der Waals surface area (Å²) >= 11 is 1.72. The van der Waals surface area contributed by atoms with Crippen molar-refractivity contribution in [3.05, 3.63) is 16.1 Å². The fourth-order valence-corrected chi connectivity index (χ4v) is 3.47. The molecule has 0 amide bonds. The molecule has 0 radical (unpaired) electrons. The van der Waals surface area contributed by atoms with Gasteiger partial charge in [-0.1, -0.05) is 0 Å². The van der Waals surface area contributed by atoms with E-state index in [0.717, 1.165) is 12.2 Å². The smallest absolute Gasteiger partial charge is 0.0798 e. The highest BCUT2D eigenvalue weighted by Gasteiger charge is 2.47. The van der Waals surface area contributed by atoms with Gasteiger partial charge in [0, 0.05) is 25.1 Å². The molecule has 0 aromatic carbocycles. The van der Waals surface area contributed by atoms with Gasteiger partial charge in [0.1, 0.15) is 0 Å². The average molecular weight is 269 g/mol. The van der Waals surface area contributed by atoms with Crippen molar-refractivity contribution in [1.82, 2.24) is 9.88 Å². The number of rotatable bonds is 7. The normalized spacial score (nSPS) is 19.2. The minimum absolute atomic E-state index is 0.00875. The fourth-order valence-electron chi connectivity index (χ4n) is 2.64. The summed E-state index contributed by atoms with van der Waals surface area (Å²) in [4.78, 5) is 8.01. The topological polar surface area (TPSA) is 51.4 Å². The van der Waals surface area contributed by atoms with Crippen molar-refractivity contribution in [2.75, 3.05) is 27.3 Å². The second kappa shape index (κ2) is 5.65. The molecule has 1 heterocycles. The summed E-state index contributed by atoms with van der Waals surface area (Å²) in [6, 6.07) is 0. The van der Waals surface area contributed by atoms with Gasteiger partial charge in [-0.25, -0.2) is 4.98 Å². The lowest BCUT2D eigenvalue weighted by Crippen LogP contribution is -2.56. The van der Waals surface area contributed by atoms with E-state index < -0.39 is 0 Å². The first-order chi connectivity index (χ1) is 8.64. The zero-order valence-corrected chi connectivity index (χ0v) is 12.3. The zero-order chi connectivity index (χ0) is 13.2. The van der Waals surface area contributed by atoms with Crippen molar-refractivity contribution in [3.63, 3.8) is 0 Å². The first-order valence-corrected chi connectivity index (χ1v) is 7.31. The van der Waals surface area contributed by atoms with Crippen LogP contribution in [0.25, 0.3) is 0 Å². The summed E-state index contributed by atoms with van der Waals surface area (Å²) in [6.45, 7) is 4.34. The highest BCUT2D eigenvalue weighted by Crippen LogP contribution is 2.43. The second-order valence-corrected chi connectivity index (χ2v) is 6.17. The number of nitrogens with two attached hydrogens (primary N) is 1. The Morgan fingerprint density at radius 1 is 1.61 bits per heavy atom. The monoisotopic (exact) mass is 269 g/mol. The average Bonchev–Trinajstić information content (AvgIpc) is 3.13. The number of nitrogens with zero attached hydrogens (tertiary/aromatic N) is 2. The summed E-state index contributed by atoms with van der Waals surface area (Å²) in [5.41, 5.74) is 9.10. The Morgan fingerprint density at radius 3 is 2.78 bits per heavy atom. The van der Waals surface area contributed by atoms with Gasteiger partial charge < -0.3 is 10.5 Å². The molecule has 5 heteroatoms. The molecule has 1 aliphatic rings. The van der Waals surface area contributed by atoms with E-state index >= 15 is 0 Å². The molecular weight excluding hydrogens is 246 g/mol. The van der Waals surface area contributed by atoms with Crippen LogP contribution < -0.4 is 5.73 Å². The SMILES string of the molecule is COCC(CN)(C1CC1)N(C)Cc1scnc1C. The standard InChI is InChI=1S/C13H23N3OS/c1-10-12(18-9-15-10)6-16(2)13(7-14,8-17-3)11-4-5-11/h9,11H,4-8,14H2,1-3H3. The molecule has 1 atom stereocenters.